The Labute approximate surface area is 202 Å². The fraction of sp³-hybridized carbons (Fsp3) is 0.762. The van der Waals surface area contributed by atoms with Crippen molar-refractivity contribution in [2.75, 3.05) is 52.4 Å². The number of aliphatic imine (C=N–C) groups is 1. The molecule has 1 aromatic heterocycles. The van der Waals surface area contributed by atoms with E-state index >= 15 is 0 Å². The van der Waals surface area contributed by atoms with E-state index < -0.39 is 0 Å². The maximum atomic E-state index is 12.7. The number of rotatable bonds is 7. The van der Waals surface area contributed by atoms with Gasteiger partial charge in [0.2, 0.25) is 5.91 Å². The Morgan fingerprint density at radius 1 is 1.20 bits per heavy atom. The van der Waals surface area contributed by atoms with E-state index in [2.05, 4.69) is 39.3 Å². The van der Waals surface area contributed by atoms with Crippen LogP contribution in [0.3, 0.4) is 0 Å². The summed E-state index contributed by atoms with van der Waals surface area (Å²) in [5, 5.41) is 6.75. The predicted octanol–water partition coefficient (Wildman–Crippen LogP) is 2.60. The molecule has 2 saturated heterocycles. The number of hydrogen-bond donors (Lipinski definition) is 1. The monoisotopic (exact) mass is 548 g/mol. The Balaban J connectivity index is 0.00000320. The van der Waals surface area contributed by atoms with Crippen molar-refractivity contribution in [1.29, 1.82) is 0 Å². The van der Waals surface area contributed by atoms with Gasteiger partial charge in [-0.25, -0.2) is 4.98 Å². The molecular formula is C21H37IN6OS. The number of likely N-dealkylation sites (tertiary alicyclic amines) is 1. The lowest BCUT2D eigenvalue weighted by Gasteiger charge is -2.39. The molecule has 0 bridgehead atoms. The molecular weight excluding hydrogens is 511 g/mol. The van der Waals surface area contributed by atoms with Crippen molar-refractivity contribution in [2.45, 2.75) is 52.5 Å². The zero-order valence-corrected chi connectivity index (χ0v) is 21.7. The Morgan fingerprint density at radius 3 is 2.50 bits per heavy atom. The van der Waals surface area contributed by atoms with E-state index in [4.69, 9.17) is 4.99 Å². The summed E-state index contributed by atoms with van der Waals surface area (Å²) >= 11 is 1.74. The van der Waals surface area contributed by atoms with Crippen LogP contribution >= 0.6 is 35.3 Å². The summed E-state index contributed by atoms with van der Waals surface area (Å²) in [5.74, 6) is 1.30. The number of nitrogens with zero attached hydrogens (tertiary/aromatic N) is 5. The van der Waals surface area contributed by atoms with E-state index in [1.165, 1.54) is 5.01 Å². The second-order valence-electron chi connectivity index (χ2n) is 7.95. The Morgan fingerprint density at radius 2 is 1.90 bits per heavy atom. The molecule has 3 heterocycles. The van der Waals surface area contributed by atoms with Gasteiger partial charge in [-0.15, -0.1) is 35.3 Å². The molecule has 1 atom stereocenters. The summed E-state index contributed by atoms with van der Waals surface area (Å²) in [4.78, 5) is 28.7. The fourth-order valence-corrected chi connectivity index (χ4v) is 4.86. The molecule has 1 unspecified atom stereocenters. The highest BCUT2D eigenvalue weighted by atomic mass is 127. The maximum absolute atomic E-state index is 12.7. The van der Waals surface area contributed by atoms with Gasteiger partial charge in [0.15, 0.2) is 5.96 Å². The minimum absolute atomic E-state index is 0. The minimum Gasteiger partial charge on any atom is -0.357 e. The Bertz CT molecular complexity index is 683. The molecule has 2 aliphatic heterocycles. The van der Waals surface area contributed by atoms with E-state index in [1.54, 1.807) is 11.3 Å². The van der Waals surface area contributed by atoms with E-state index in [0.717, 1.165) is 89.7 Å². The van der Waals surface area contributed by atoms with Crippen LogP contribution in [0.25, 0.3) is 0 Å². The van der Waals surface area contributed by atoms with E-state index in [-0.39, 0.29) is 30.0 Å². The van der Waals surface area contributed by atoms with Crippen molar-refractivity contribution in [3.8, 4) is 0 Å². The molecule has 170 valence electrons. The van der Waals surface area contributed by atoms with Gasteiger partial charge in [-0.05, 0) is 40.0 Å². The number of carbonyl (C=O) groups is 1. The highest BCUT2D eigenvalue weighted by Crippen LogP contribution is 2.14. The molecule has 3 rings (SSSR count). The molecule has 0 aliphatic carbocycles. The fourth-order valence-electron chi connectivity index (χ4n) is 4.04. The van der Waals surface area contributed by atoms with Crippen molar-refractivity contribution in [1.82, 2.24) is 25.0 Å². The lowest BCUT2D eigenvalue weighted by atomic mass is 10.2. The smallest absolute Gasteiger partial charge is 0.239 e. The van der Waals surface area contributed by atoms with Crippen molar-refractivity contribution in [2.24, 2.45) is 4.99 Å². The summed E-state index contributed by atoms with van der Waals surface area (Å²) in [7, 11) is 0. The van der Waals surface area contributed by atoms with Crippen molar-refractivity contribution < 1.29 is 4.79 Å². The second-order valence-corrected chi connectivity index (χ2v) is 8.90. The first-order valence-electron chi connectivity index (χ1n) is 11.1. The quantitative estimate of drug-likeness (QED) is 0.246. The zero-order valence-electron chi connectivity index (χ0n) is 18.6. The lowest BCUT2D eigenvalue weighted by Crippen LogP contribution is -2.57. The third-order valence-electron chi connectivity index (χ3n) is 5.75. The number of piperazine rings is 1. The predicted molar refractivity (Wildman–Crippen MR) is 135 cm³/mol. The van der Waals surface area contributed by atoms with Crippen LogP contribution in [0.2, 0.25) is 0 Å². The summed E-state index contributed by atoms with van der Waals surface area (Å²) < 4.78 is 0. The summed E-state index contributed by atoms with van der Waals surface area (Å²) in [6.45, 7) is 13.4. The molecule has 0 aromatic carbocycles. The van der Waals surface area contributed by atoms with E-state index in [1.807, 2.05) is 11.8 Å². The Hall–Kier alpha value is -0.940. The van der Waals surface area contributed by atoms with Crippen LogP contribution in [0.4, 0.5) is 0 Å². The summed E-state index contributed by atoms with van der Waals surface area (Å²) in [5.41, 5.74) is 1.11. The topological polar surface area (TPSA) is 64.1 Å². The van der Waals surface area contributed by atoms with Gasteiger partial charge >= 0.3 is 0 Å². The number of guanidine groups is 1. The number of thiazole rings is 1. The Kier molecular flexibility index (Phi) is 10.8. The van der Waals surface area contributed by atoms with Gasteiger partial charge in [0.05, 0.1) is 11.0 Å². The van der Waals surface area contributed by atoms with Gasteiger partial charge in [-0.1, -0.05) is 0 Å². The molecule has 1 amide bonds. The summed E-state index contributed by atoms with van der Waals surface area (Å²) in [6, 6.07) is -0.0171. The van der Waals surface area contributed by atoms with Crippen LogP contribution in [0.5, 0.6) is 0 Å². The van der Waals surface area contributed by atoms with Gasteiger partial charge in [0.25, 0.3) is 0 Å². The lowest BCUT2D eigenvalue weighted by molar-refractivity contribution is -0.135. The highest BCUT2D eigenvalue weighted by molar-refractivity contribution is 14.0. The normalized spacial score (nSPS) is 19.0. The second kappa shape index (κ2) is 12.8. The number of hydrogen-bond acceptors (Lipinski definition) is 5. The van der Waals surface area contributed by atoms with Crippen LogP contribution < -0.4 is 5.32 Å². The molecule has 30 heavy (non-hydrogen) atoms. The van der Waals surface area contributed by atoms with Crippen LogP contribution in [0, 0.1) is 6.92 Å². The molecule has 0 spiro atoms. The standard InChI is InChI=1S/C21H36N6OS.HI/c1-4-22-21(23-9-7-8-19-24-17(2)16-29-19)27-14-12-25(13-15-27)18(3)20(28)26-10-5-6-11-26;/h16,18H,4-15H2,1-3H3,(H,22,23);1H. The van der Waals surface area contributed by atoms with Crippen molar-refractivity contribution in [3.63, 3.8) is 0 Å². The summed E-state index contributed by atoms with van der Waals surface area (Å²) in [6.07, 6.45) is 4.31. The van der Waals surface area contributed by atoms with Gasteiger partial charge < -0.3 is 15.1 Å². The zero-order chi connectivity index (χ0) is 20.6. The highest BCUT2D eigenvalue weighted by Gasteiger charge is 2.30. The van der Waals surface area contributed by atoms with E-state index in [0.29, 0.717) is 5.91 Å². The average molecular weight is 549 g/mol. The molecule has 1 N–H and O–H groups in total. The van der Waals surface area contributed by atoms with Gasteiger partial charge in [-0.2, -0.15) is 0 Å². The molecule has 0 radical (unpaired) electrons. The molecule has 2 aliphatic rings. The number of carbonyl (C=O) groups excluding carboxylic acids is 1. The van der Waals surface area contributed by atoms with Gasteiger partial charge in [0.1, 0.15) is 0 Å². The first-order valence-corrected chi connectivity index (χ1v) is 11.9. The largest absolute Gasteiger partial charge is 0.357 e. The third kappa shape index (κ3) is 7.05. The van der Waals surface area contributed by atoms with Crippen molar-refractivity contribution in [3.05, 3.63) is 16.1 Å². The van der Waals surface area contributed by atoms with Crippen LogP contribution in [-0.4, -0.2) is 90.0 Å². The van der Waals surface area contributed by atoms with Crippen LogP contribution in [0.1, 0.15) is 43.8 Å². The maximum Gasteiger partial charge on any atom is 0.239 e. The molecule has 9 heteroatoms. The van der Waals surface area contributed by atoms with Crippen LogP contribution in [-0.2, 0) is 11.2 Å². The molecule has 0 saturated carbocycles. The van der Waals surface area contributed by atoms with Gasteiger partial charge in [-0.3, -0.25) is 14.7 Å². The third-order valence-corrected chi connectivity index (χ3v) is 6.77. The van der Waals surface area contributed by atoms with Crippen molar-refractivity contribution >= 4 is 47.2 Å². The van der Waals surface area contributed by atoms with Gasteiger partial charge in [0, 0.05) is 69.9 Å². The number of halogens is 1. The SMILES string of the molecule is CCNC(=NCCCc1nc(C)cs1)N1CCN(C(C)C(=O)N2CCCC2)CC1.I. The average Bonchev–Trinajstić information content (AvgIpc) is 3.41. The molecule has 2 fully saturated rings. The number of nitrogens with one attached hydrogen (secondary N) is 1. The first kappa shape index (κ1) is 25.3. The number of amides is 1. The molecule has 7 nitrogen and oxygen atoms in total. The minimum atomic E-state index is -0.0171. The molecule has 1 aromatic rings. The van der Waals surface area contributed by atoms with Crippen LogP contribution in [0.15, 0.2) is 10.4 Å². The first-order chi connectivity index (χ1) is 14.1. The number of aromatic nitrogens is 1. The number of aryl methyl sites for hydroxylation is 2. The van der Waals surface area contributed by atoms with E-state index in [9.17, 15) is 4.79 Å².